The lowest BCUT2D eigenvalue weighted by atomic mass is 10.0. The maximum absolute atomic E-state index is 11.4. The average Bonchev–Trinajstić information content (AvgIpc) is 2.55. The van der Waals surface area contributed by atoms with Crippen LogP contribution >= 0.6 is 11.8 Å². The van der Waals surface area contributed by atoms with Crippen LogP contribution in [0, 0.1) is 6.92 Å². The molecule has 1 heterocycles. The van der Waals surface area contributed by atoms with E-state index in [1.54, 1.807) is 6.92 Å². The molecule has 2 nitrogen and oxygen atoms in total. The monoisotopic (exact) mass is 249 g/mol. The smallest absolute Gasteiger partial charge is 0.219 e. The van der Waals surface area contributed by atoms with Gasteiger partial charge in [-0.1, -0.05) is 24.3 Å². The number of aryl methyl sites for hydroxylation is 1. The molecule has 0 aromatic heterocycles. The van der Waals surface area contributed by atoms with Crippen LogP contribution in [0.5, 0.6) is 0 Å². The molecule has 17 heavy (non-hydrogen) atoms. The lowest BCUT2D eigenvalue weighted by Gasteiger charge is -2.18. The van der Waals surface area contributed by atoms with E-state index in [2.05, 4.69) is 31.2 Å². The fraction of sp³-hybridized carbons (Fsp3) is 0.500. The number of carbonyl (C=O) groups is 1. The van der Waals surface area contributed by atoms with Crippen molar-refractivity contribution in [3.05, 3.63) is 35.4 Å². The first-order chi connectivity index (χ1) is 8.18. The fourth-order valence-corrected chi connectivity index (χ4v) is 3.61. The van der Waals surface area contributed by atoms with Crippen molar-refractivity contribution in [2.75, 3.05) is 18.8 Å². The predicted molar refractivity (Wildman–Crippen MR) is 73.2 cm³/mol. The van der Waals surface area contributed by atoms with Crippen molar-refractivity contribution < 1.29 is 4.79 Å². The number of carbonyl (C=O) groups excluding carboxylic acids is 1. The average molecular weight is 249 g/mol. The summed E-state index contributed by atoms with van der Waals surface area (Å²) in [6.07, 6.45) is 1.06. The minimum atomic E-state index is 0.205. The van der Waals surface area contributed by atoms with E-state index >= 15 is 0 Å². The molecular weight excluding hydrogens is 230 g/mol. The summed E-state index contributed by atoms with van der Waals surface area (Å²) < 4.78 is 0. The van der Waals surface area contributed by atoms with Gasteiger partial charge in [-0.3, -0.25) is 4.79 Å². The van der Waals surface area contributed by atoms with Gasteiger partial charge in [0.15, 0.2) is 0 Å². The first-order valence-electron chi connectivity index (χ1n) is 6.11. The summed E-state index contributed by atoms with van der Waals surface area (Å²) in [6, 6.07) is 8.58. The van der Waals surface area contributed by atoms with E-state index in [0.29, 0.717) is 5.25 Å². The molecule has 0 unspecified atom stereocenters. The van der Waals surface area contributed by atoms with E-state index in [0.717, 1.165) is 25.3 Å². The van der Waals surface area contributed by atoms with Crippen LogP contribution in [0.1, 0.15) is 29.7 Å². The van der Waals surface area contributed by atoms with Crippen LogP contribution in [0.15, 0.2) is 24.3 Å². The third kappa shape index (κ3) is 3.03. The van der Waals surface area contributed by atoms with Crippen molar-refractivity contribution in [3.63, 3.8) is 0 Å². The molecule has 1 aliphatic rings. The van der Waals surface area contributed by atoms with E-state index in [4.69, 9.17) is 0 Å². The molecule has 1 amide bonds. The number of rotatable bonds is 1. The fourth-order valence-electron chi connectivity index (χ4n) is 2.28. The van der Waals surface area contributed by atoms with Crippen LogP contribution in [-0.2, 0) is 4.79 Å². The highest BCUT2D eigenvalue weighted by molar-refractivity contribution is 7.99. The molecular formula is C14H19NOS. The third-order valence-electron chi connectivity index (χ3n) is 3.32. The molecule has 0 aliphatic carbocycles. The quantitative estimate of drug-likeness (QED) is 0.762. The number of benzene rings is 1. The highest BCUT2D eigenvalue weighted by atomic mass is 32.2. The van der Waals surface area contributed by atoms with E-state index in [1.165, 1.54) is 11.1 Å². The van der Waals surface area contributed by atoms with Crippen molar-refractivity contribution >= 4 is 17.7 Å². The van der Waals surface area contributed by atoms with Crippen molar-refractivity contribution in [1.82, 2.24) is 4.90 Å². The zero-order chi connectivity index (χ0) is 12.3. The van der Waals surface area contributed by atoms with Gasteiger partial charge < -0.3 is 4.90 Å². The summed E-state index contributed by atoms with van der Waals surface area (Å²) >= 11 is 1.98. The number of hydrogen-bond donors (Lipinski definition) is 0. The van der Waals surface area contributed by atoms with Gasteiger partial charge in [0.25, 0.3) is 0 Å². The Morgan fingerprint density at radius 3 is 2.82 bits per heavy atom. The molecule has 92 valence electrons. The number of hydrogen-bond acceptors (Lipinski definition) is 2. The van der Waals surface area contributed by atoms with Gasteiger partial charge in [0, 0.05) is 31.0 Å². The maximum atomic E-state index is 11.4. The molecule has 0 saturated carbocycles. The van der Waals surface area contributed by atoms with Gasteiger partial charge >= 0.3 is 0 Å². The maximum Gasteiger partial charge on any atom is 0.219 e. The van der Waals surface area contributed by atoms with Gasteiger partial charge in [-0.05, 0) is 24.5 Å². The van der Waals surface area contributed by atoms with Gasteiger partial charge in [0.2, 0.25) is 5.91 Å². The summed E-state index contributed by atoms with van der Waals surface area (Å²) in [5.74, 6) is 1.24. The molecule has 0 bridgehead atoms. The van der Waals surface area contributed by atoms with E-state index in [9.17, 15) is 4.79 Å². The number of thioether (sulfide) groups is 1. The summed E-state index contributed by atoms with van der Waals surface area (Å²) in [5, 5.41) is 0.542. The summed E-state index contributed by atoms with van der Waals surface area (Å²) in [5.41, 5.74) is 2.80. The highest BCUT2D eigenvalue weighted by Gasteiger charge is 2.20. The Balaban J connectivity index is 2.09. The summed E-state index contributed by atoms with van der Waals surface area (Å²) in [4.78, 5) is 13.3. The topological polar surface area (TPSA) is 20.3 Å². The second-order valence-electron chi connectivity index (χ2n) is 4.51. The van der Waals surface area contributed by atoms with Crippen LogP contribution in [0.4, 0.5) is 0 Å². The third-order valence-corrected chi connectivity index (χ3v) is 4.63. The predicted octanol–water partition coefficient (Wildman–Crippen LogP) is 3.02. The Hall–Kier alpha value is -0.960. The Kier molecular flexibility index (Phi) is 4.11. The van der Waals surface area contributed by atoms with E-state index < -0.39 is 0 Å². The Morgan fingerprint density at radius 1 is 1.35 bits per heavy atom. The van der Waals surface area contributed by atoms with Crippen molar-refractivity contribution in [1.29, 1.82) is 0 Å². The van der Waals surface area contributed by atoms with Crippen LogP contribution in [0.25, 0.3) is 0 Å². The van der Waals surface area contributed by atoms with Gasteiger partial charge in [0.05, 0.1) is 0 Å². The Morgan fingerprint density at radius 2 is 2.12 bits per heavy atom. The molecule has 1 saturated heterocycles. The normalized spacial score (nSPS) is 21.1. The molecule has 0 radical (unpaired) electrons. The summed E-state index contributed by atoms with van der Waals surface area (Å²) in [6.45, 7) is 5.62. The molecule has 1 aromatic rings. The number of amides is 1. The van der Waals surface area contributed by atoms with Crippen molar-refractivity contribution in [2.45, 2.75) is 25.5 Å². The van der Waals surface area contributed by atoms with Crippen molar-refractivity contribution in [3.8, 4) is 0 Å². The highest BCUT2D eigenvalue weighted by Crippen LogP contribution is 2.35. The van der Waals surface area contributed by atoms with Gasteiger partial charge in [-0.25, -0.2) is 0 Å². The van der Waals surface area contributed by atoms with Gasteiger partial charge in [0.1, 0.15) is 0 Å². The first kappa shape index (κ1) is 12.5. The lowest BCUT2D eigenvalue weighted by Crippen LogP contribution is -2.30. The molecule has 2 rings (SSSR count). The number of nitrogens with zero attached hydrogens (tertiary/aromatic N) is 1. The second-order valence-corrected chi connectivity index (χ2v) is 5.82. The minimum Gasteiger partial charge on any atom is -0.342 e. The molecule has 1 atom stereocenters. The zero-order valence-corrected chi connectivity index (χ0v) is 11.3. The van der Waals surface area contributed by atoms with Gasteiger partial charge in [-0.15, -0.1) is 0 Å². The Labute approximate surface area is 107 Å². The molecule has 0 spiro atoms. The van der Waals surface area contributed by atoms with E-state index in [-0.39, 0.29) is 5.91 Å². The van der Waals surface area contributed by atoms with Gasteiger partial charge in [-0.2, -0.15) is 11.8 Å². The minimum absolute atomic E-state index is 0.205. The van der Waals surface area contributed by atoms with E-state index in [1.807, 2.05) is 16.7 Å². The molecule has 1 aliphatic heterocycles. The Bertz CT molecular complexity index is 405. The molecule has 3 heteroatoms. The first-order valence-corrected chi connectivity index (χ1v) is 7.16. The lowest BCUT2D eigenvalue weighted by molar-refractivity contribution is -0.128. The van der Waals surface area contributed by atoms with Crippen molar-refractivity contribution in [2.24, 2.45) is 0 Å². The SMILES string of the molecule is CC(=O)N1CCS[C@@H](c2ccccc2C)CC1. The van der Waals surface area contributed by atoms with Crippen LogP contribution in [-0.4, -0.2) is 29.6 Å². The van der Waals surface area contributed by atoms with Crippen LogP contribution in [0.2, 0.25) is 0 Å². The van der Waals surface area contributed by atoms with Crippen LogP contribution < -0.4 is 0 Å². The standard InChI is InChI=1S/C14H19NOS/c1-11-5-3-4-6-13(11)14-7-8-15(12(2)16)9-10-17-14/h3-6,14H,7-10H2,1-2H3/t14-/m1/s1. The van der Waals surface area contributed by atoms with Crippen LogP contribution in [0.3, 0.4) is 0 Å². The molecule has 1 fully saturated rings. The molecule has 1 aromatic carbocycles. The zero-order valence-electron chi connectivity index (χ0n) is 10.5. The summed E-state index contributed by atoms with van der Waals surface area (Å²) in [7, 11) is 0. The molecule has 0 N–H and O–H groups in total. The second kappa shape index (κ2) is 5.58. The largest absolute Gasteiger partial charge is 0.342 e.